The van der Waals surface area contributed by atoms with E-state index in [1.165, 1.54) is 0 Å². The lowest BCUT2D eigenvalue weighted by molar-refractivity contribution is -0.192. The molecule has 1 aliphatic heterocycles. The maximum absolute atomic E-state index is 11.7. The van der Waals surface area contributed by atoms with Crippen molar-refractivity contribution in [1.82, 2.24) is 25.5 Å². The number of aromatic amines is 1. The van der Waals surface area contributed by atoms with Crippen LogP contribution in [0.5, 0.6) is 0 Å². The fraction of sp³-hybridized carbons (Fsp3) is 0.750. The van der Waals surface area contributed by atoms with Crippen LogP contribution >= 0.6 is 0 Å². The summed E-state index contributed by atoms with van der Waals surface area (Å²) in [5, 5.41) is 20.6. The second kappa shape index (κ2) is 7.63. The highest BCUT2D eigenvalue weighted by molar-refractivity contribution is 5.73. The van der Waals surface area contributed by atoms with E-state index in [0.29, 0.717) is 18.9 Å². The first kappa shape index (κ1) is 20.6. The van der Waals surface area contributed by atoms with Crippen molar-refractivity contribution in [2.75, 3.05) is 13.1 Å². The van der Waals surface area contributed by atoms with E-state index >= 15 is 0 Å². The fourth-order valence-electron chi connectivity index (χ4n) is 1.74. The minimum absolute atomic E-state index is 0.148. The highest BCUT2D eigenvalue weighted by atomic mass is 19.4. The Balaban J connectivity index is 0.000000381. The van der Waals surface area contributed by atoms with Gasteiger partial charge in [0.15, 0.2) is 5.82 Å². The number of nitrogens with two attached hydrogens (primary N) is 1. The Labute approximate surface area is 140 Å². The molecule has 0 bridgehead atoms. The molecule has 25 heavy (non-hydrogen) atoms. The number of carboxylic acids is 1. The van der Waals surface area contributed by atoms with Crippen LogP contribution in [0.3, 0.4) is 0 Å². The van der Waals surface area contributed by atoms with Gasteiger partial charge in [0.2, 0.25) is 0 Å². The molecule has 1 aromatic heterocycles. The van der Waals surface area contributed by atoms with Gasteiger partial charge in [-0.25, -0.2) is 9.59 Å². The molecule has 0 aliphatic carbocycles. The summed E-state index contributed by atoms with van der Waals surface area (Å²) in [6.45, 7) is 6.64. The number of halogens is 3. The minimum atomic E-state index is -5.08. The topological polar surface area (TPSA) is 147 Å². The molecule has 1 aromatic rings. The quantitative estimate of drug-likeness (QED) is 0.691. The molecule has 1 saturated heterocycles. The van der Waals surface area contributed by atoms with E-state index in [-0.39, 0.29) is 18.1 Å². The van der Waals surface area contributed by atoms with E-state index in [2.05, 4.69) is 20.6 Å². The first-order chi connectivity index (χ1) is 11.3. The molecule has 4 N–H and O–H groups in total. The van der Waals surface area contributed by atoms with Crippen molar-refractivity contribution in [3.8, 4) is 0 Å². The van der Waals surface area contributed by atoms with Gasteiger partial charge >= 0.3 is 18.2 Å². The number of rotatable bonds is 2. The number of aromatic nitrogens is 4. The molecule has 142 valence electrons. The Morgan fingerprint density at radius 2 is 1.88 bits per heavy atom. The number of amides is 1. The van der Waals surface area contributed by atoms with E-state index < -0.39 is 17.7 Å². The second-order valence-corrected chi connectivity index (χ2v) is 6.24. The van der Waals surface area contributed by atoms with E-state index in [0.717, 1.165) is 0 Å². The van der Waals surface area contributed by atoms with E-state index in [9.17, 15) is 18.0 Å². The number of aliphatic carboxylic acids is 1. The van der Waals surface area contributed by atoms with Crippen molar-refractivity contribution in [1.29, 1.82) is 0 Å². The van der Waals surface area contributed by atoms with Gasteiger partial charge in [0.25, 0.3) is 0 Å². The summed E-state index contributed by atoms with van der Waals surface area (Å²) in [6.07, 6.45) is -5.39. The molecular formula is C12H19F3N6O4. The molecule has 0 saturated carbocycles. The molecule has 1 aliphatic rings. The molecule has 10 nitrogen and oxygen atoms in total. The smallest absolute Gasteiger partial charge is 0.475 e. The molecular weight excluding hydrogens is 349 g/mol. The van der Waals surface area contributed by atoms with Crippen LogP contribution in [0, 0.1) is 5.92 Å². The Kier molecular flexibility index (Phi) is 6.29. The first-order valence-electron chi connectivity index (χ1n) is 7.08. The molecule has 0 aromatic carbocycles. The zero-order valence-electron chi connectivity index (χ0n) is 13.7. The molecule has 2 rings (SSSR count). The second-order valence-electron chi connectivity index (χ2n) is 6.24. The minimum Gasteiger partial charge on any atom is -0.475 e. The number of hydrogen-bond donors (Lipinski definition) is 3. The molecule has 0 spiro atoms. The predicted octanol–water partition coefficient (Wildman–Crippen LogP) is 0.700. The van der Waals surface area contributed by atoms with Gasteiger partial charge < -0.3 is 20.5 Å². The van der Waals surface area contributed by atoms with Gasteiger partial charge in [-0.15, -0.1) is 10.2 Å². The van der Waals surface area contributed by atoms with Crippen molar-refractivity contribution < 1.29 is 32.6 Å². The first-order valence-corrected chi connectivity index (χ1v) is 7.08. The number of carbonyl (C=O) groups excluding carboxylic acids is 1. The predicted molar refractivity (Wildman–Crippen MR) is 76.1 cm³/mol. The van der Waals surface area contributed by atoms with E-state index in [1.54, 1.807) is 4.90 Å². The highest BCUT2D eigenvalue weighted by Crippen LogP contribution is 2.27. The fourth-order valence-corrected chi connectivity index (χ4v) is 1.74. The Morgan fingerprint density at radius 1 is 1.36 bits per heavy atom. The maximum Gasteiger partial charge on any atom is 0.490 e. The lowest BCUT2D eigenvalue weighted by Crippen LogP contribution is -2.54. The van der Waals surface area contributed by atoms with Gasteiger partial charge in [-0.1, -0.05) is 5.21 Å². The monoisotopic (exact) mass is 368 g/mol. The number of ether oxygens (including phenoxy) is 1. The van der Waals surface area contributed by atoms with Crippen LogP contribution in [0.15, 0.2) is 0 Å². The van der Waals surface area contributed by atoms with Crippen LogP contribution in [0.25, 0.3) is 0 Å². The normalized spacial score (nSPS) is 16.4. The standard InChI is InChI=1S/C10H18N6O2.C2HF3O2/c1-10(2,3)18-9(17)16-4-6(5-16)7(11)8-12-14-15-13-8;3-2(4,5)1(6)7/h6-7H,4-5,11H2,1-3H3,(H,12,13,14,15);(H,6,7). The largest absolute Gasteiger partial charge is 0.490 e. The highest BCUT2D eigenvalue weighted by Gasteiger charge is 2.39. The number of carbonyl (C=O) groups is 2. The molecule has 2 heterocycles. The number of nitrogens with zero attached hydrogens (tertiary/aromatic N) is 4. The maximum atomic E-state index is 11.7. The van der Waals surface area contributed by atoms with Crippen LogP contribution in [-0.2, 0) is 9.53 Å². The summed E-state index contributed by atoms with van der Waals surface area (Å²) in [7, 11) is 0. The summed E-state index contributed by atoms with van der Waals surface area (Å²) in [5.41, 5.74) is 5.50. The number of H-pyrrole nitrogens is 1. The van der Waals surface area contributed by atoms with E-state index in [1.807, 2.05) is 20.8 Å². The van der Waals surface area contributed by atoms with Crippen LogP contribution in [0.1, 0.15) is 32.6 Å². The van der Waals surface area contributed by atoms with Gasteiger partial charge in [-0.3, -0.25) is 0 Å². The zero-order chi connectivity index (χ0) is 19.4. The Hall–Kier alpha value is -2.44. The zero-order valence-corrected chi connectivity index (χ0v) is 13.7. The van der Waals surface area contributed by atoms with Gasteiger partial charge in [-0.2, -0.15) is 18.4 Å². The van der Waals surface area contributed by atoms with Crippen LogP contribution in [0.4, 0.5) is 18.0 Å². The van der Waals surface area contributed by atoms with Crippen molar-refractivity contribution in [2.45, 2.75) is 38.6 Å². The van der Waals surface area contributed by atoms with Crippen LogP contribution in [0.2, 0.25) is 0 Å². The van der Waals surface area contributed by atoms with Gasteiger partial charge in [-0.05, 0) is 20.8 Å². The third-order valence-electron chi connectivity index (χ3n) is 2.97. The van der Waals surface area contributed by atoms with Crippen molar-refractivity contribution in [2.24, 2.45) is 11.7 Å². The molecule has 13 heteroatoms. The van der Waals surface area contributed by atoms with E-state index in [4.69, 9.17) is 20.4 Å². The third-order valence-corrected chi connectivity index (χ3v) is 2.97. The molecule has 1 atom stereocenters. The van der Waals surface area contributed by atoms with Crippen molar-refractivity contribution >= 4 is 12.1 Å². The number of hydrogen-bond acceptors (Lipinski definition) is 7. The van der Waals surface area contributed by atoms with Crippen LogP contribution in [-0.4, -0.2) is 67.6 Å². The Bertz CT molecular complexity index is 581. The van der Waals surface area contributed by atoms with Crippen molar-refractivity contribution in [3.63, 3.8) is 0 Å². The lowest BCUT2D eigenvalue weighted by atomic mass is 9.92. The lowest BCUT2D eigenvalue weighted by Gasteiger charge is -2.41. The SMILES string of the molecule is CC(C)(C)OC(=O)N1CC(C(N)c2nn[nH]n2)C1.O=C(O)C(F)(F)F. The number of carboxylic acid groups (broad SMARTS) is 1. The number of likely N-dealkylation sites (tertiary alicyclic amines) is 1. The third kappa shape index (κ3) is 6.52. The summed E-state index contributed by atoms with van der Waals surface area (Å²) in [4.78, 5) is 22.2. The van der Waals surface area contributed by atoms with Gasteiger partial charge in [0.05, 0.1) is 6.04 Å². The summed E-state index contributed by atoms with van der Waals surface area (Å²) < 4.78 is 37.0. The molecule has 1 fully saturated rings. The summed E-state index contributed by atoms with van der Waals surface area (Å²) >= 11 is 0. The van der Waals surface area contributed by atoms with Crippen LogP contribution < -0.4 is 5.73 Å². The number of tetrazole rings is 1. The molecule has 0 radical (unpaired) electrons. The summed E-state index contributed by atoms with van der Waals surface area (Å²) in [5.74, 6) is -2.13. The molecule has 1 amide bonds. The van der Waals surface area contributed by atoms with Crippen molar-refractivity contribution in [3.05, 3.63) is 5.82 Å². The number of alkyl halides is 3. The number of nitrogens with one attached hydrogen (secondary N) is 1. The Morgan fingerprint density at radius 3 is 2.24 bits per heavy atom. The summed E-state index contributed by atoms with van der Waals surface area (Å²) in [6, 6.07) is -0.303. The average molecular weight is 368 g/mol. The van der Waals surface area contributed by atoms with Gasteiger partial charge in [0, 0.05) is 19.0 Å². The average Bonchev–Trinajstić information content (AvgIpc) is 2.87. The molecule has 1 unspecified atom stereocenters. The van der Waals surface area contributed by atoms with Gasteiger partial charge in [0.1, 0.15) is 5.60 Å².